The van der Waals surface area contributed by atoms with Crippen LogP contribution in [0.15, 0.2) is 24.3 Å². The third-order valence-corrected chi connectivity index (χ3v) is 4.70. The van der Waals surface area contributed by atoms with Crippen LogP contribution in [-0.2, 0) is 6.61 Å². The van der Waals surface area contributed by atoms with Crippen LogP contribution in [0.5, 0.6) is 0 Å². The van der Waals surface area contributed by atoms with E-state index in [9.17, 15) is 5.11 Å². The number of hydrogen-bond donors (Lipinski definition) is 2. The molecule has 0 bridgehead atoms. The van der Waals surface area contributed by atoms with E-state index in [0.717, 1.165) is 24.7 Å². The zero-order chi connectivity index (χ0) is 15.1. The van der Waals surface area contributed by atoms with Crippen molar-refractivity contribution in [1.29, 1.82) is 0 Å². The molecule has 1 aliphatic heterocycles. The Labute approximate surface area is 129 Å². The molecule has 3 nitrogen and oxygen atoms in total. The standard InChI is InChI=1S/C18H30N2O/c1-3-18-9-4-5-11-20(18)12-10-19-15(2)17-8-6-7-16(13-17)14-21/h6-8,13,15,18-19,21H,3-5,9-12,14H2,1-2H3. The minimum atomic E-state index is 0.118. The first-order valence-corrected chi connectivity index (χ1v) is 8.41. The zero-order valence-electron chi connectivity index (χ0n) is 13.5. The summed E-state index contributed by atoms with van der Waals surface area (Å²) in [6.45, 7) is 8.05. The van der Waals surface area contributed by atoms with E-state index < -0.39 is 0 Å². The molecule has 1 aliphatic rings. The van der Waals surface area contributed by atoms with E-state index in [1.165, 1.54) is 37.8 Å². The Morgan fingerprint density at radius 2 is 2.24 bits per heavy atom. The summed E-state index contributed by atoms with van der Waals surface area (Å²) in [6.07, 6.45) is 5.39. The third-order valence-electron chi connectivity index (χ3n) is 4.70. The number of rotatable bonds is 7. The van der Waals surface area contributed by atoms with Gasteiger partial charge in [-0.05, 0) is 43.9 Å². The van der Waals surface area contributed by atoms with Crippen molar-refractivity contribution in [2.75, 3.05) is 19.6 Å². The van der Waals surface area contributed by atoms with Crippen molar-refractivity contribution < 1.29 is 5.11 Å². The van der Waals surface area contributed by atoms with Gasteiger partial charge in [0.05, 0.1) is 6.61 Å². The maximum absolute atomic E-state index is 9.22. The lowest BCUT2D eigenvalue weighted by Gasteiger charge is -2.35. The van der Waals surface area contributed by atoms with Gasteiger partial charge in [0.25, 0.3) is 0 Å². The Kier molecular flexibility index (Phi) is 6.68. The van der Waals surface area contributed by atoms with Gasteiger partial charge in [-0.1, -0.05) is 37.6 Å². The lowest BCUT2D eigenvalue weighted by molar-refractivity contribution is 0.144. The molecule has 0 aromatic heterocycles. The van der Waals surface area contributed by atoms with E-state index in [1.54, 1.807) is 0 Å². The average molecular weight is 290 g/mol. The largest absolute Gasteiger partial charge is 0.392 e. The van der Waals surface area contributed by atoms with Crippen molar-refractivity contribution >= 4 is 0 Å². The Morgan fingerprint density at radius 3 is 3.00 bits per heavy atom. The summed E-state index contributed by atoms with van der Waals surface area (Å²) >= 11 is 0. The van der Waals surface area contributed by atoms with Gasteiger partial charge in [0.1, 0.15) is 0 Å². The molecule has 21 heavy (non-hydrogen) atoms. The molecule has 1 aromatic rings. The Morgan fingerprint density at radius 1 is 1.38 bits per heavy atom. The van der Waals surface area contributed by atoms with Gasteiger partial charge in [-0.15, -0.1) is 0 Å². The van der Waals surface area contributed by atoms with Crippen LogP contribution < -0.4 is 5.32 Å². The number of aliphatic hydroxyl groups excluding tert-OH is 1. The minimum Gasteiger partial charge on any atom is -0.392 e. The first-order chi connectivity index (χ1) is 10.2. The lowest BCUT2D eigenvalue weighted by atomic mass is 10.00. The van der Waals surface area contributed by atoms with Crippen LogP contribution in [-0.4, -0.2) is 35.7 Å². The third kappa shape index (κ3) is 4.80. The molecule has 1 fully saturated rings. The van der Waals surface area contributed by atoms with Crippen molar-refractivity contribution in [3.8, 4) is 0 Å². The van der Waals surface area contributed by atoms with Crippen LogP contribution in [0.1, 0.15) is 56.7 Å². The van der Waals surface area contributed by atoms with Crippen molar-refractivity contribution in [1.82, 2.24) is 10.2 Å². The predicted octanol–water partition coefficient (Wildman–Crippen LogP) is 3.09. The topological polar surface area (TPSA) is 35.5 Å². The van der Waals surface area contributed by atoms with Crippen LogP contribution in [0.3, 0.4) is 0 Å². The number of likely N-dealkylation sites (tertiary alicyclic amines) is 1. The normalized spacial score (nSPS) is 21.4. The fourth-order valence-corrected chi connectivity index (χ4v) is 3.32. The molecular formula is C18H30N2O. The van der Waals surface area contributed by atoms with Gasteiger partial charge >= 0.3 is 0 Å². The predicted molar refractivity (Wildman–Crippen MR) is 88.3 cm³/mol. The SMILES string of the molecule is CCC1CCCCN1CCNC(C)c1cccc(CO)c1. The highest BCUT2D eigenvalue weighted by Crippen LogP contribution is 2.19. The molecule has 0 radical (unpaired) electrons. The molecule has 1 aromatic carbocycles. The van der Waals surface area contributed by atoms with Gasteiger partial charge in [0.15, 0.2) is 0 Å². The summed E-state index contributed by atoms with van der Waals surface area (Å²) in [7, 11) is 0. The fraction of sp³-hybridized carbons (Fsp3) is 0.667. The molecule has 3 heteroatoms. The number of nitrogens with zero attached hydrogens (tertiary/aromatic N) is 1. The molecule has 0 spiro atoms. The Balaban J connectivity index is 1.79. The molecule has 1 saturated heterocycles. The number of nitrogens with one attached hydrogen (secondary N) is 1. The van der Waals surface area contributed by atoms with E-state index >= 15 is 0 Å². The highest BCUT2D eigenvalue weighted by atomic mass is 16.3. The molecular weight excluding hydrogens is 260 g/mol. The van der Waals surface area contributed by atoms with Crippen LogP contribution in [0.2, 0.25) is 0 Å². The molecule has 2 rings (SSSR count). The maximum atomic E-state index is 9.22. The summed E-state index contributed by atoms with van der Waals surface area (Å²) in [5, 5.41) is 12.8. The van der Waals surface area contributed by atoms with Crippen molar-refractivity contribution in [3.05, 3.63) is 35.4 Å². The average Bonchev–Trinajstić information content (AvgIpc) is 2.55. The van der Waals surface area contributed by atoms with Crippen molar-refractivity contribution in [2.24, 2.45) is 0 Å². The van der Waals surface area contributed by atoms with Crippen LogP contribution >= 0.6 is 0 Å². The minimum absolute atomic E-state index is 0.118. The molecule has 1 heterocycles. The van der Waals surface area contributed by atoms with E-state index in [-0.39, 0.29) is 6.61 Å². The molecule has 2 N–H and O–H groups in total. The fourth-order valence-electron chi connectivity index (χ4n) is 3.32. The summed E-state index contributed by atoms with van der Waals surface area (Å²) in [5.74, 6) is 0. The molecule has 2 atom stereocenters. The molecule has 118 valence electrons. The van der Waals surface area contributed by atoms with Gasteiger partial charge in [0, 0.05) is 25.2 Å². The summed E-state index contributed by atoms with van der Waals surface area (Å²) in [5.41, 5.74) is 2.25. The van der Waals surface area contributed by atoms with Gasteiger partial charge in [-0.2, -0.15) is 0 Å². The first kappa shape index (κ1) is 16.5. The smallest absolute Gasteiger partial charge is 0.0681 e. The van der Waals surface area contributed by atoms with Crippen molar-refractivity contribution in [2.45, 2.75) is 58.2 Å². The number of benzene rings is 1. The van der Waals surface area contributed by atoms with Gasteiger partial charge < -0.3 is 10.4 Å². The summed E-state index contributed by atoms with van der Waals surface area (Å²) < 4.78 is 0. The van der Waals surface area contributed by atoms with Crippen LogP contribution in [0.4, 0.5) is 0 Å². The Bertz CT molecular complexity index is 421. The van der Waals surface area contributed by atoms with E-state index in [1.807, 2.05) is 12.1 Å². The van der Waals surface area contributed by atoms with Crippen molar-refractivity contribution in [3.63, 3.8) is 0 Å². The molecule has 2 unspecified atom stereocenters. The van der Waals surface area contributed by atoms with Crippen LogP contribution in [0, 0.1) is 0 Å². The number of aliphatic hydroxyl groups is 1. The van der Waals surface area contributed by atoms with Gasteiger partial charge in [0.2, 0.25) is 0 Å². The molecule has 0 amide bonds. The first-order valence-electron chi connectivity index (χ1n) is 8.41. The Hall–Kier alpha value is -0.900. The quantitative estimate of drug-likeness (QED) is 0.810. The maximum Gasteiger partial charge on any atom is 0.0681 e. The second kappa shape index (κ2) is 8.52. The number of hydrogen-bond acceptors (Lipinski definition) is 3. The highest BCUT2D eigenvalue weighted by molar-refractivity contribution is 5.25. The lowest BCUT2D eigenvalue weighted by Crippen LogP contribution is -2.43. The van der Waals surface area contributed by atoms with E-state index in [4.69, 9.17) is 0 Å². The van der Waals surface area contributed by atoms with Crippen LogP contribution in [0.25, 0.3) is 0 Å². The zero-order valence-corrected chi connectivity index (χ0v) is 13.5. The highest BCUT2D eigenvalue weighted by Gasteiger charge is 2.20. The number of piperidine rings is 1. The van der Waals surface area contributed by atoms with E-state index in [0.29, 0.717) is 6.04 Å². The molecule has 0 aliphatic carbocycles. The monoisotopic (exact) mass is 290 g/mol. The van der Waals surface area contributed by atoms with Gasteiger partial charge in [-0.25, -0.2) is 0 Å². The second-order valence-corrected chi connectivity index (χ2v) is 6.17. The van der Waals surface area contributed by atoms with E-state index in [2.05, 4.69) is 36.2 Å². The summed E-state index contributed by atoms with van der Waals surface area (Å²) in [6, 6.07) is 9.34. The van der Waals surface area contributed by atoms with Gasteiger partial charge in [-0.3, -0.25) is 4.90 Å². The second-order valence-electron chi connectivity index (χ2n) is 6.17. The molecule has 0 saturated carbocycles. The summed E-state index contributed by atoms with van der Waals surface area (Å²) in [4.78, 5) is 2.65.